The summed E-state index contributed by atoms with van der Waals surface area (Å²) < 4.78 is 43.2. The zero-order chi connectivity index (χ0) is 19.2. The van der Waals surface area contributed by atoms with Crippen LogP contribution in [-0.2, 0) is 28.7 Å². The molecule has 0 saturated carbocycles. The lowest BCUT2D eigenvalue weighted by molar-refractivity contribution is -0.141. The van der Waals surface area contributed by atoms with Crippen LogP contribution >= 0.6 is 0 Å². The molecule has 1 amide bonds. The number of alkyl halides is 3. The predicted octanol–water partition coefficient (Wildman–Crippen LogP) is 2.74. The van der Waals surface area contributed by atoms with Crippen LogP contribution in [0.25, 0.3) is 0 Å². The van der Waals surface area contributed by atoms with E-state index in [1.54, 1.807) is 30.3 Å². The second-order valence-electron chi connectivity index (χ2n) is 5.40. The van der Waals surface area contributed by atoms with Gasteiger partial charge in [-0.05, 0) is 18.4 Å². The monoisotopic (exact) mass is 371 g/mol. The maximum Gasteiger partial charge on any atom is 0.433 e. The van der Waals surface area contributed by atoms with Crippen molar-refractivity contribution in [3.05, 3.63) is 53.3 Å². The van der Waals surface area contributed by atoms with E-state index >= 15 is 0 Å². The number of ether oxygens (including phenoxy) is 1. The molecule has 1 aromatic carbocycles. The number of halogens is 3. The van der Waals surface area contributed by atoms with Crippen LogP contribution in [0.1, 0.15) is 23.2 Å². The lowest BCUT2D eigenvalue weighted by Gasteiger charge is -2.15. The van der Waals surface area contributed by atoms with Crippen molar-refractivity contribution in [3.8, 4) is 0 Å². The van der Waals surface area contributed by atoms with Crippen molar-refractivity contribution >= 4 is 12.1 Å². The molecule has 3 N–H and O–H groups in total. The molecule has 26 heavy (non-hydrogen) atoms. The van der Waals surface area contributed by atoms with Gasteiger partial charge in [0.25, 0.3) is 0 Å². The number of carbonyl (C=O) groups excluding carboxylic acids is 1. The first-order chi connectivity index (χ1) is 12.3. The van der Waals surface area contributed by atoms with E-state index in [2.05, 4.69) is 10.4 Å². The highest BCUT2D eigenvalue weighted by Gasteiger charge is 2.35. The van der Waals surface area contributed by atoms with Gasteiger partial charge in [-0.2, -0.15) is 18.3 Å². The molecule has 0 spiro atoms. The van der Waals surface area contributed by atoms with E-state index in [1.807, 2.05) is 5.10 Å². The molecule has 7 nitrogen and oxygen atoms in total. The number of carboxylic acids is 1. The number of alkyl carbamates (subject to hydrolysis) is 1. The molecule has 0 unspecified atom stereocenters. The van der Waals surface area contributed by atoms with Crippen molar-refractivity contribution in [2.45, 2.75) is 31.7 Å². The number of nitrogens with one attached hydrogen (secondary N) is 2. The summed E-state index contributed by atoms with van der Waals surface area (Å²) in [6.07, 6.45) is -5.09. The minimum absolute atomic E-state index is 0.0566. The summed E-state index contributed by atoms with van der Waals surface area (Å²) in [6, 6.07) is 7.34. The Kier molecular flexibility index (Phi) is 6.21. The summed E-state index contributed by atoms with van der Waals surface area (Å²) in [5, 5.41) is 16.5. The zero-order valence-corrected chi connectivity index (χ0v) is 13.4. The summed E-state index contributed by atoms with van der Waals surface area (Å²) in [5.41, 5.74) is -0.501. The third-order valence-corrected chi connectivity index (χ3v) is 3.51. The van der Waals surface area contributed by atoms with Gasteiger partial charge in [0.1, 0.15) is 18.3 Å². The number of aromatic amines is 1. The van der Waals surface area contributed by atoms with Crippen molar-refractivity contribution < 1.29 is 32.6 Å². The van der Waals surface area contributed by atoms with E-state index in [1.165, 1.54) is 0 Å². The van der Waals surface area contributed by atoms with E-state index < -0.39 is 30.0 Å². The third-order valence-electron chi connectivity index (χ3n) is 3.51. The molecule has 0 aliphatic carbocycles. The smallest absolute Gasteiger partial charge is 0.433 e. The normalized spacial score (nSPS) is 12.4. The number of benzene rings is 1. The quantitative estimate of drug-likeness (QED) is 0.694. The maximum atomic E-state index is 12.8. The van der Waals surface area contributed by atoms with Crippen LogP contribution in [0.15, 0.2) is 36.5 Å². The molecule has 1 heterocycles. The number of aryl methyl sites for hydroxylation is 1. The molecule has 0 fully saturated rings. The van der Waals surface area contributed by atoms with E-state index in [-0.39, 0.29) is 25.0 Å². The van der Waals surface area contributed by atoms with Crippen molar-refractivity contribution in [1.29, 1.82) is 0 Å². The van der Waals surface area contributed by atoms with Crippen molar-refractivity contribution in [1.82, 2.24) is 15.5 Å². The minimum Gasteiger partial charge on any atom is -0.480 e. The summed E-state index contributed by atoms with van der Waals surface area (Å²) in [7, 11) is 0. The third kappa shape index (κ3) is 5.50. The van der Waals surface area contributed by atoms with Gasteiger partial charge in [-0.25, -0.2) is 9.59 Å². The lowest BCUT2D eigenvalue weighted by Crippen LogP contribution is -2.41. The number of hydrogen-bond acceptors (Lipinski definition) is 4. The van der Waals surface area contributed by atoms with Crippen LogP contribution in [0.3, 0.4) is 0 Å². The molecule has 1 atom stereocenters. The first-order valence-electron chi connectivity index (χ1n) is 7.57. The number of amides is 1. The van der Waals surface area contributed by atoms with Gasteiger partial charge in [-0.3, -0.25) is 5.10 Å². The van der Waals surface area contributed by atoms with Gasteiger partial charge in [-0.15, -0.1) is 0 Å². The Morgan fingerprint density at radius 3 is 2.58 bits per heavy atom. The second kappa shape index (κ2) is 8.37. The summed E-state index contributed by atoms with van der Waals surface area (Å²) >= 11 is 0. The van der Waals surface area contributed by atoms with Gasteiger partial charge in [0, 0.05) is 5.56 Å². The van der Waals surface area contributed by atoms with Gasteiger partial charge in [0.2, 0.25) is 0 Å². The molecule has 2 aromatic rings. The Balaban J connectivity index is 1.90. The number of nitrogens with zero attached hydrogens (tertiary/aromatic N) is 1. The fraction of sp³-hybridized carbons (Fsp3) is 0.312. The molecule has 0 aliphatic heterocycles. The van der Waals surface area contributed by atoms with Crippen molar-refractivity contribution in [2.75, 3.05) is 0 Å². The predicted molar refractivity (Wildman–Crippen MR) is 83.1 cm³/mol. The van der Waals surface area contributed by atoms with Crippen LogP contribution in [0, 0.1) is 0 Å². The number of carboxylic acid groups (broad SMARTS) is 1. The molecule has 0 aliphatic rings. The summed E-state index contributed by atoms with van der Waals surface area (Å²) in [4.78, 5) is 23.0. The fourth-order valence-electron chi connectivity index (χ4n) is 2.21. The molecule has 1 aromatic heterocycles. The minimum atomic E-state index is -4.62. The number of aliphatic carboxylic acids is 1. The lowest BCUT2D eigenvalue weighted by atomic mass is 10.1. The Bertz CT molecular complexity index is 747. The molecule has 2 rings (SSSR count). The first-order valence-corrected chi connectivity index (χ1v) is 7.57. The molecular weight excluding hydrogens is 355 g/mol. The van der Waals surface area contributed by atoms with Crippen LogP contribution < -0.4 is 5.32 Å². The average molecular weight is 371 g/mol. The number of carbonyl (C=O) groups is 2. The molecular formula is C16H16F3N3O4. The largest absolute Gasteiger partial charge is 0.480 e. The van der Waals surface area contributed by atoms with Crippen LogP contribution in [-0.4, -0.2) is 33.4 Å². The molecule has 10 heteroatoms. The molecule has 0 bridgehead atoms. The average Bonchev–Trinajstić information content (AvgIpc) is 3.06. The van der Waals surface area contributed by atoms with Crippen LogP contribution in [0.2, 0.25) is 0 Å². The second-order valence-corrected chi connectivity index (χ2v) is 5.40. The number of rotatable bonds is 7. The van der Waals surface area contributed by atoms with Crippen LogP contribution in [0.5, 0.6) is 0 Å². The van der Waals surface area contributed by atoms with E-state index in [4.69, 9.17) is 9.84 Å². The van der Waals surface area contributed by atoms with Gasteiger partial charge in [0.15, 0.2) is 0 Å². The van der Waals surface area contributed by atoms with Gasteiger partial charge >= 0.3 is 18.2 Å². The molecule has 0 radical (unpaired) electrons. The highest BCUT2D eigenvalue weighted by molar-refractivity contribution is 5.79. The summed E-state index contributed by atoms with van der Waals surface area (Å²) in [5.74, 6) is -1.38. The highest BCUT2D eigenvalue weighted by Crippen LogP contribution is 2.30. The van der Waals surface area contributed by atoms with Gasteiger partial charge in [-0.1, -0.05) is 30.3 Å². The Morgan fingerprint density at radius 1 is 1.27 bits per heavy atom. The summed E-state index contributed by atoms with van der Waals surface area (Å²) in [6.45, 7) is -0.0566. The highest BCUT2D eigenvalue weighted by atomic mass is 19.4. The topological polar surface area (TPSA) is 104 Å². The van der Waals surface area contributed by atoms with Crippen molar-refractivity contribution in [3.63, 3.8) is 0 Å². The van der Waals surface area contributed by atoms with E-state index in [0.29, 0.717) is 5.56 Å². The number of aromatic nitrogens is 2. The Morgan fingerprint density at radius 2 is 1.96 bits per heavy atom. The van der Waals surface area contributed by atoms with Gasteiger partial charge < -0.3 is 15.2 Å². The maximum absolute atomic E-state index is 12.8. The standard InChI is InChI=1S/C16H16F3N3O4/c17-16(18,19)13-11(8-20-22-13)6-7-12(14(23)24)21-15(25)26-9-10-4-2-1-3-5-10/h1-5,8,12H,6-7,9H2,(H,20,22)(H,21,25)(H,23,24)/t12-/m1/s1. The van der Waals surface area contributed by atoms with E-state index in [9.17, 15) is 22.8 Å². The number of H-pyrrole nitrogens is 1. The Labute approximate surface area is 146 Å². The molecule has 0 saturated heterocycles. The van der Waals surface area contributed by atoms with Crippen LogP contribution in [0.4, 0.5) is 18.0 Å². The van der Waals surface area contributed by atoms with Gasteiger partial charge in [0.05, 0.1) is 6.20 Å². The number of hydrogen-bond donors (Lipinski definition) is 3. The first kappa shape index (κ1) is 19.3. The molecule has 140 valence electrons. The van der Waals surface area contributed by atoms with Crippen molar-refractivity contribution in [2.24, 2.45) is 0 Å². The SMILES string of the molecule is O=C(N[C@H](CCc1cn[nH]c1C(F)(F)F)C(=O)O)OCc1ccccc1. The van der Waals surface area contributed by atoms with E-state index in [0.717, 1.165) is 6.20 Å². The Hall–Kier alpha value is -3.04. The zero-order valence-electron chi connectivity index (χ0n) is 13.4. The fourth-order valence-corrected chi connectivity index (χ4v) is 2.21.